The summed E-state index contributed by atoms with van der Waals surface area (Å²) in [6.07, 6.45) is 1.09. The van der Waals surface area contributed by atoms with Crippen molar-refractivity contribution in [2.45, 2.75) is 64.1 Å². The fraction of sp³-hybridized carbons (Fsp3) is 0.375. The van der Waals surface area contributed by atoms with Crippen molar-refractivity contribution < 1.29 is 27.5 Å². The number of amides is 2. The number of carbonyl (C=O) groups is 2. The molecule has 2 atom stereocenters. The summed E-state index contributed by atoms with van der Waals surface area (Å²) in [6.45, 7) is 7.30. The SMILES string of the molecule is CC[C@@H](C)NC(=O)[C@H](CC)N(Cc1ccccc1C)C(=O)CN(c1ccccc1)S(=O)(=O)c1ccc(OC)c(OC)c1. The third-order valence-electron chi connectivity index (χ3n) is 7.25. The molecule has 9 nitrogen and oxygen atoms in total. The molecule has 226 valence electrons. The summed E-state index contributed by atoms with van der Waals surface area (Å²) in [5.74, 6) is -0.159. The van der Waals surface area contributed by atoms with Crippen LogP contribution in [0.4, 0.5) is 5.69 Å². The van der Waals surface area contributed by atoms with E-state index in [4.69, 9.17) is 9.47 Å². The molecule has 0 heterocycles. The van der Waals surface area contributed by atoms with E-state index in [1.54, 1.807) is 30.3 Å². The molecule has 2 amide bonds. The summed E-state index contributed by atoms with van der Waals surface area (Å²) in [4.78, 5) is 29.0. The fourth-order valence-electron chi connectivity index (χ4n) is 4.56. The quantitative estimate of drug-likeness (QED) is 0.283. The van der Waals surface area contributed by atoms with Crippen LogP contribution in [-0.4, -0.2) is 58.0 Å². The summed E-state index contributed by atoms with van der Waals surface area (Å²) in [5, 5.41) is 2.99. The number of aryl methyl sites for hydroxylation is 1. The Balaban J connectivity index is 2.08. The lowest BCUT2D eigenvalue weighted by molar-refractivity contribution is -0.140. The molecule has 42 heavy (non-hydrogen) atoms. The Labute approximate surface area is 249 Å². The van der Waals surface area contributed by atoms with Gasteiger partial charge in [0, 0.05) is 18.7 Å². The Morgan fingerprint density at radius 2 is 1.52 bits per heavy atom. The molecule has 3 aromatic rings. The van der Waals surface area contributed by atoms with Gasteiger partial charge in [-0.2, -0.15) is 0 Å². The second-order valence-electron chi connectivity index (χ2n) is 10.1. The van der Waals surface area contributed by atoms with Crippen LogP contribution in [0.1, 0.15) is 44.7 Å². The second-order valence-corrected chi connectivity index (χ2v) is 11.9. The number of methoxy groups -OCH3 is 2. The van der Waals surface area contributed by atoms with Crippen LogP contribution in [0.3, 0.4) is 0 Å². The first-order chi connectivity index (χ1) is 20.1. The van der Waals surface area contributed by atoms with Gasteiger partial charge in [0.1, 0.15) is 12.6 Å². The van der Waals surface area contributed by atoms with Gasteiger partial charge in [0.2, 0.25) is 11.8 Å². The second kappa shape index (κ2) is 14.7. The zero-order valence-corrected chi connectivity index (χ0v) is 26.0. The number of benzene rings is 3. The predicted octanol–water partition coefficient (Wildman–Crippen LogP) is 4.93. The number of nitrogens with zero attached hydrogens (tertiary/aromatic N) is 2. The van der Waals surface area contributed by atoms with Crippen LogP contribution in [0.15, 0.2) is 77.7 Å². The molecule has 0 saturated carbocycles. The standard InChI is InChI=1S/C32H41N3O6S/c1-7-24(4)33-32(37)28(8-2)34(21-25-15-13-12-14-23(25)3)31(36)22-35(26-16-10-9-11-17-26)42(38,39)27-18-19-29(40-5)30(20-27)41-6/h9-20,24,28H,7-8,21-22H2,1-6H3,(H,33,37)/t24-,28+/m1/s1. The van der Waals surface area contributed by atoms with Crippen LogP contribution < -0.4 is 19.1 Å². The van der Waals surface area contributed by atoms with E-state index in [1.807, 2.05) is 52.0 Å². The van der Waals surface area contributed by atoms with Crippen LogP contribution in [0.5, 0.6) is 11.5 Å². The summed E-state index contributed by atoms with van der Waals surface area (Å²) < 4.78 is 39.9. The molecule has 1 N–H and O–H groups in total. The smallest absolute Gasteiger partial charge is 0.264 e. The molecule has 0 spiro atoms. The topological polar surface area (TPSA) is 105 Å². The zero-order chi connectivity index (χ0) is 30.9. The first-order valence-corrected chi connectivity index (χ1v) is 15.4. The summed E-state index contributed by atoms with van der Waals surface area (Å²) in [5.41, 5.74) is 2.15. The molecule has 0 aliphatic rings. The monoisotopic (exact) mass is 595 g/mol. The molecule has 0 fully saturated rings. The van der Waals surface area contributed by atoms with E-state index in [1.165, 1.54) is 37.3 Å². The highest BCUT2D eigenvalue weighted by molar-refractivity contribution is 7.92. The maximum absolute atomic E-state index is 14.2. The van der Waals surface area contributed by atoms with Crippen LogP contribution in [0.2, 0.25) is 0 Å². The van der Waals surface area contributed by atoms with Gasteiger partial charge in [-0.3, -0.25) is 13.9 Å². The Morgan fingerprint density at radius 3 is 2.12 bits per heavy atom. The van der Waals surface area contributed by atoms with Gasteiger partial charge < -0.3 is 19.7 Å². The Morgan fingerprint density at radius 1 is 0.881 bits per heavy atom. The Hall–Kier alpha value is -4.05. The minimum Gasteiger partial charge on any atom is -0.493 e. The van der Waals surface area contributed by atoms with Crippen molar-refractivity contribution in [1.29, 1.82) is 0 Å². The van der Waals surface area contributed by atoms with Crippen molar-refractivity contribution in [2.24, 2.45) is 0 Å². The molecule has 10 heteroatoms. The number of rotatable bonds is 14. The number of carbonyl (C=O) groups excluding carboxylic acids is 2. The molecule has 3 aromatic carbocycles. The lowest BCUT2D eigenvalue weighted by Crippen LogP contribution is -2.53. The van der Waals surface area contributed by atoms with Gasteiger partial charge in [-0.25, -0.2) is 8.42 Å². The van der Waals surface area contributed by atoms with Gasteiger partial charge in [-0.15, -0.1) is 0 Å². The van der Waals surface area contributed by atoms with Crippen molar-refractivity contribution in [1.82, 2.24) is 10.2 Å². The van der Waals surface area contributed by atoms with Gasteiger partial charge in [-0.1, -0.05) is 56.3 Å². The highest BCUT2D eigenvalue weighted by Crippen LogP contribution is 2.32. The third kappa shape index (κ3) is 7.61. The van der Waals surface area contributed by atoms with Crippen molar-refractivity contribution in [3.05, 3.63) is 83.9 Å². The van der Waals surface area contributed by atoms with Gasteiger partial charge in [0.05, 0.1) is 24.8 Å². The minimum atomic E-state index is -4.25. The minimum absolute atomic E-state index is 0.0659. The van der Waals surface area contributed by atoms with Gasteiger partial charge in [0.15, 0.2) is 11.5 Å². The van der Waals surface area contributed by atoms with E-state index in [-0.39, 0.29) is 29.1 Å². The van der Waals surface area contributed by atoms with Crippen LogP contribution >= 0.6 is 0 Å². The number of anilines is 1. The Bertz CT molecular complexity index is 1460. The third-order valence-corrected chi connectivity index (χ3v) is 9.02. The molecule has 0 radical (unpaired) electrons. The van der Waals surface area contributed by atoms with E-state index in [0.29, 0.717) is 17.9 Å². The van der Waals surface area contributed by atoms with E-state index < -0.39 is 28.5 Å². The number of hydrogen-bond acceptors (Lipinski definition) is 6. The van der Waals surface area contributed by atoms with Crippen molar-refractivity contribution in [3.8, 4) is 11.5 Å². The van der Waals surface area contributed by atoms with Crippen LogP contribution in [0.25, 0.3) is 0 Å². The maximum Gasteiger partial charge on any atom is 0.264 e. The van der Waals surface area contributed by atoms with Crippen LogP contribution in [0, 0.1) is 6.92 Å². The van der Waals surface area contributed by atoms with Gasteiger partial charge in [-0.05, 0) is 62.1 Å². The number of hydrogen-bond donors (Lipinski definition) is 1. The highest BCUT2D eigenvalue weighted by atomic mass is 32.2. The van der Waals surface area contributed by atoms with Crippen molar-refractivity contribution in [2.75, 3.05) is 25.1 Å². The summed E-state index contributed by atoms with van der Waals surface area (Å²) in [6, 6.07) is 19.5. The van der Waals surface area contributed by atoms with Crippen molar-refractivity contribution >= 4 is 27.5 Å². The maximum atomic E-state index is 14.2. The Kier molecular flexibility index (Phi) is 11.4. The van der Waals surface area contributed by atoms with Gasteiger partial charge in [0.25, 0.3) is 10.0 Å². The largest absolute Gasteiger partial charge is 0.493 e. The average Bonchev–Trinajstić information content (AvgIpc) is 3.00. The van der Waals surface area contributed by atoms with Crippen molar-refractivity contribution in [3.63, 3.8) is 0 Å². The zero-order valence-electron chi connectivity index (χ0n) is 25.2. The molecule has 3 rings (SSSR count). The summed E-state index contributed by atoms with van der Waals surface area (Å²) in [7, 11) is -1.36. The molecule has 0 aliphatic carbocycles. The number of para-hydroxylation sites is 1. The molecule has 0 aliphatic heterocycles. The first-order valence-electron chi connectivity index (χ1n) is 14.0. The number of ether oxygens (including phenoxy) is 2. The van der Waals surface area contributed by atoms with E-state index in [9.17, 15) is 18.0 Å². The average molecular weight is 596 g/mol. The van der Waals surface area contributed by atoms with E-state index in [2.05, 4.69) is 5.32 Å². The highest BCUT2D eigenvalue weighted by Gasteiger charge is 2.34. The first kappa shape index (κ1) is 32.5. The molecule has 0 saturated heterocycles. The lowest BCUT2D eigenvalue weighted by Gasteiger charge is -2.34. The van der Waals surface area contributed by atoms with Gasteiger partial charge >= 0.3 is 0 Å². The number of nitrogens with one attached hydrogen (secondary N) is 1. The molecule has 0 unspecified atom stereocenters. The fourth-order valence-corrected chi connectivity index (χ4v) is 5.99. The predicted molar refractivity (Wildman–Crippen MR) is 164 cm³/mol. The molecule has 0 bridgehead atoms. The number of sulfonamides is 1. The molecular weight excluding hydrogens is 554 g/mol. The van der Waals surface area contributed by atoms with Crippen LogP contribution in [-0.2, 0) is 26.2 Å². The van der Waals surface area contributed by atoms with E-state index >= 15 is 0 Å². The summed E-state index contributed by atoms with van der Waals surface area (Å²) >= 11 is 0. The molecular formula is C32H41N3O6S. The molecule has 0 aromatic heterocycles. The van der Waals surface area contributed by atoms with E-state index in [0.717, 1.165) is 21.9 Å². The lowest BCUT2D eigenvalue weighted by atomic mass is 10.1. The normalized spacial score (nSPS) is 12.6.